The highest BCUT2D eigenvalue weighted by Gasteiger charge is 2.31. The fourth-order valence-electron chi connectivity index (χ4n) is 2.65. The summed E-state index contributed by atoms with van der Waals surface area (Å²) in [4.78, 5) is 6.45. The standard InChI is InChI=1S/C22H10F6N4O2/c1-30-32-18-11-19(33-15-6-2-13(3-7-15)21(23,24)25)17(31-12-29)10-20(18)34-16-8-4-14(5-9-16)22(26,27)28/h2-11H. The van der Waals surface area contributed by atoms with E-state index in [-0.39, 0.29) is 34.4 Å². The Morgan fingerprint density at radius 3 is 1.53 bits per heavy atom. The summed E-state index contributed by atoms with van der Waals surface area (Å²) in [6.45, 7) is 6.98. The molecule has 1 aliphatic rings. The van der Waals surface area contributed by atoms with Gasteiger partial charge in [-0.15, -0.1) is 4.95 Å². The highest BCUT2D eigenvalue weighted by atomic mass is 19.4. The lowest BCUT2D eigenvalue weighted by molar-refractivity contribution is -0.138. The Morgan fingerprint density at radius 2 is 1.15 bits per heavy atom. The van der Waals surface area contributed by atoms with Crippen molar-refractivity contribution in [1.29, 1.82) is 5.26 Å². The highest BCUT2D eigenvalue weighted by molar-refractivity contribution is 6.22. The number of nitriles is 1. The number of allylic oxidation sites excluding steroid dienone is 2. The van der Waals surface area contributed by atoms with Crippen molar-refractivity contribution >= 4 is 11.4 Å². The Balaban J connectivity index is 1.90. The first-order chi connectivity index (χ1) is 16.0. The molecular formula is C22H10F6N4O2. The van der Waals surface area contributed by atoms with Crippen LogP contribution in [0.25, 0.3) is 4.95 Å². The number of hydrogen-bond acceptors (Lipinski definition) is 5. The lowest BCUT2D eigenvalue weighted by Crippen LogP contribution is -2.20. The van der Waals surface area contributed by atoms with Crippen molar-refractivity contribution in [2.24, 2.45) is 10.1 Å². The van der Waals surface area contributed by atoms with Crippen LogP contribution in [0.1, 0.15) is 11.1 Å². The number of rotatable bonds is 4. The van der Waals surface area contributed by atoms with Gasteiger partial charge < -0.3 is 9.47 Å². The lowest BCUT2D eigenvalue weighted by atomic mass is 10.1. The number of ether oxygens (including phenoxy) is 2. The zero-order valence-corrected chi connectivity index (χ0v) is 16.6. The minimum Gasteiger partial charge on any atom is -0.455 e. The minimum atomic E-state index is -4.54. The summed E-state index contributed by atoms with van der Waals surface area (Å²) < 4.78 is 87.5. The van der Waals surface area contributed by atoms with Crippen LogP contribution in [-0.2, 0) is 12.4 Å². The predicted molar refractivity (Wildman–Crippen MR) is 107 cm³/mol. The van der Waals surface area contributed by atoms with Gasteiger partial charge in [-0.3, -0.25) is 0 Å². The fourth-order valence-corrected chi connectivity index (χ4v) is 2.65. The van der Waals surface area contributed by atoms with E-state index in [0.717, 1.165) is 60.7 Å². The summed E-state index contributed by atoms with van der Waals surface area (Å²) in [5, 5.41) is 12.5. The molecule has 0 unspecified atom stereocenters. The molecule has 1 aliphatic carbocycles. The van der Waals surface area contributed by atoms with Crippen molar-refractivity contribution in [3.63, 3.8) is 0 Å². The molecule has 0 aliphatic heterocycles. The number of hydrogen-bond donors (Lipinski definition) is 0. The van der Waals surface area contributed by atoms with Crippen LogP contribution in [0.4, 0.5) is 26.3 Å². The zero-order valence-electron chi connectivity index (χ0n) is 16.6. The molecular weight excluding hydrogens is 466 g/mol. The molecule has 172 valence electrons. The average molecular weight is 476 g/mol. The highest BCUT2D eigenvalue weighted by Crippen LogP contribution is 2.32. The second kappa shape index (κ2) is 9.50. The van der Waals surface area contributed by atoms with Gasteiger partial charge in [0.15, 0.2) is 17.2 Å². The fraction of sp³-hybridized carbons (Fsp3) is 0.0909. The van der Waals surface area contributed by atoms with E-state index in [0.29, 0.717) is 0 Å². The van der Waals surface area contributed by atoms with Crippen molar-refractivity contribution in [2.45, 2.75) is 12.4 Å². The first kappa shape index (κ1) is 24.1. The number of halogens is 6. The maximum absolute atomic E-state index is 12.8. The maximum atomic E-state index is 12.8. The Morgan fingerprint density at radius 1 is 0.735 bits per heavy atom. The van der Waals surface area contributed by atoms with E-state index in [1.807, 2.05) is 0 Å². The van der Waals surface area contributed by atoms with Gasteiger partial charge in [0.1, 0.15) is 17.2 Å². The van der Waals surface area contributed by atoms with Crippen LogP contribution in [0.3, 0.4) is 0 Å². The largest absolute Gasteiger partial charge is 0.455 e. The smallest absolute Gasteiger partial charge is 0.416 e. The first-order valence-electron chi connectivity index (χ1n) is 9.07. The molecule has 0 saturated carbocycles. The third kappa shape index (κ3) is 5.81. The van der Waals surface area contributed by atoms with Crippen molar-refractivity contribution in [1.82, 2.24) is 0 Å². The van der Waals surface area contributed by atoms with E-state index in [2.05, 4.69) is 15.0 Å². The lowest BCUT2D eigenvalue weighted by Gasteiger charge is -2.17. The maximum Gasteiger partial charge on any atom is 0.416 e. The van der Waals surface area contributed by atoms with Crippen LogP contribution >= 0.6 is 0 Å². The van der Waals surface area contributed by atoms with Gasteiger partial charge in [-0.25, -0.2) is 0 Å². The molecule has 6 nitrogen and oxygen atoms in total. The quantitative estimate of drug-likeness (QED) is 0.174. The molecule has 0 heterocycles. The number of alkyl halides is 6. The van der Waals surface area contributed by atoms with Gasteiger partial charge in [-0.2, -0.15) is 43.2 Å². The van der Waals surface area contributed by atoms with Crippen LogP contribution in [0, 0.1) is 18.0 Å². The van der Waals surface area contributed by atoms with Gasteiger partial charge in [0.05, 0.1) is 16.2 Å². The molecule has 0 saturated heterocycles. The monoisotopic (exact) mass is 476 g/mol. The Hall–Kier alpha value is -4.58. The van der Waals surface area contributed by atoms with E-state index < -0.39 is 23.5 Å². The van der Waals surface area contributed by atoms with Gasteiger partial charge in [-0.1, -0.05) is 0 Å². The second-order valence-electron chi connectivity index (χ2n) is 6.45. The summed E-state index contributed by atoms with van der Waals surface area (Å²) in [5.74, 6) is -0.283. The molecule has 0 spiro atoms. The van der Waals surface area contributed by atoms with E-state index in [1.54, 1.807) is 0 Å². The van der Waals surface area contributed by atoms with E-state index in [1.165, 1.54) is 6.19 Å². The first-order valence-corrected chi connectivity index (χ1v) is 9.07. The third-order valence-corrected chi connectivity index (χ3v) is 4.19. The van der Waals surface area contributed by atoms with Crippen LogP contribution < -0.4 is 9.47 Å². The minimum absolute atomic E-state index is 0.0197. The second-order valence-corrected chi connectivity index (χ2v) is 6.45. The SMILES string of the molecule is [C-]#[N+]N=C1C=C(Oc2ccc(C(F)(F)F)cc2)C(=NC#N)C=C1Oc1ccc(C(F)(F)F)cc1. The van der Waals surface area contributed by atoms with Crippen LogP contribution in [0.5, 0.6) is 11.5 Å². The molecule has 0 N–H and O–H groups in total. The molecule has 0 amide bonds. The van der Waals surface area contributed by atoms with E-state index >= 15 is 0 Å². The van der Waals surface area contributed by atoms with Crippen LogP contribution in [-0.4, -0.2) is 11.4 Å². The summed E-state index contributed by atoms with van der Waals surface area (Å²) >= 11 is 0. The predicted octanol–water partition coefficient (Wildman–Crippen LogP) is 6.16. The van der Waals surface area contributed by atoms with E-state index in [9.17, 15) is 26.3 Å². The third-order valence-electron chi connectivity index (χ3n) is 4.19. The summed E-state index contributed by atoms with van der Waals surface area (Å²) in [7, 11) is 0. The summed E-state index contributed by atoms with van der Waals surface area (Å²) in [6, 6.07) is 7.39. The molecule has 34 heavy (non-hydrogen) atoms. The molecule has 0 atom stereocenters. The summed E-state index contributed by atoms with van der Waals surface area (Å²) in [5.41, 5.74) is -2.03. The molecule has 3 rings (SSSR count). The molecule has 2 aromatic carbocycles. The van der Waals surface area contributed by atoms with Gasteiger partial charge in [0.2, 0.25) is 6.19 Å². The van der Waals surface area contributed by atoms with Crippen molar-refractivity contribution < 1.29 is 35.8 Å². The molecule has 2 aromatic rings. The Labute approximate surface area is 188 Å². The molecule has 0 radical (unpaired) electrons. The number of benzene rings is 2. The average Bonchev–Trinajstić information content (AvgIpc) is 2.76. The van der Waals surface area contributed by atoms with Crippen molar-refractivity contribution in [2.75, 3.05) is 0 Å². The van der Waals surface area contributed by atoms with Gasteiger partial charge in [0.25, 0.3) is 0 Å². The topological polar surface area (TPSA) is 71.3 Å². The Bertz CT molecular complexity index is 1170. The normalized spacial score (nSPS) is 16.4. The van der Waals surface area contributed by atoms with Gasteiger partial charge >= 0.3 is 12.4 Å². The number of nitrogens with zero attached hydrogens (tertiary/aromatic N) is 4. The van der Waals surface area contributed by atoms with Gasteiger partial charge in [0, 0.05) is 12.2 Å². The summed E-state index contributed by atoms with van der Waals surface area (Å²) in [6.07, 6.45) is -5.24. The molecule has 0 fully saturated rings. The zero-order chi connectivity index (χ0) is 24.9. The molecule has 0 aromatic heterocycles. The van der Waals surface area contributed by atoms with Crippen LogP contribution in [0.15, 0.2) is 82.3 Å². The van der Waals surface area contributed by atoms with Crippen molar-refractivity contribution in [3.05, 3.63) is 94.9 Å². The Kier molecular flexibility index (Phi) is 6.73. The van der Waals surface area contributed by atoms with E-state index in [4.69, 9.17) is 21.3 Å². The number of aliphatic imine (C=N–C) groups is 1. The van der Waals surface area contributed by atoms with Crippen molar-refractivity contribution in [3.8, 4) is 17.7 Å². The van der Waals surface area contributed by atoms with Gasteiger partial charge in [-0.05, 0) is 48.5 Å². The van der Waals surface area contributed by atoms with Crippen LogP contribution in [0.2, 0.25) is 0 Å². The molecule has 12 heteroatoms. The molecule has 0 bridgehead atoms.